The van der Waals surface area contributed by atoms with E-state index in [1.165, 1.54) is 0 Å². The summed E-state index contributed by atoms with van der Waals surface area (Å²) in [6, 6.07) is 9.70. The fourth-order valence-corrected chi connectivity index (χ4v) is 3.40. The van der Waals surface area contributed by atoms with Crippen molar-refractivity contribution in [1.29, 1.82) is 0 Å². The van der Waals surface area contributed by atoms with Crippen LogP contribution in [0.15, 0.2) is 60.4 Å². The van der Waals surface area contributed by atoms with Gasteiger partial charge in [-0.3, -0.25) is 0 Å². The van der Waals surface area contributed by atoms with Crippen molar-refractivity contribution in [2.45, 2.75) is 50.4 Å². The molecule has 6 nitrogen and oxygen atoms in total. The van der Waals surface area contributed by atoms with E-state index in [1.807, 2.05) is 30.3 Å². The summed E-state index contributed by atoms with van der Waals surface area (Å²) in [5, 5.41) is 37.7. The topological polar surface area (TPSA) is 107 Å². The molecule has 0 heterocycles. The maximum absolute atomic E-state index is 10.8. The van der Waals surface area contributed by atoms with Gasteiger partial charge in [0.05, 0.1) is 6.61 Å². The molecule has 1 fully saturated rings. The molecule has 0 spiro atoms. The molecular weight excluding hydrogens is 372 g/mol. The van der Waals surface area contributed by atoms with Crippen LogP contribution in [0.4, 0.5) is 0 Å². The van der Waals surface area contributed by atoms with Crippen molar-refractivity contribution in [1.82, 2.24) is 0 Å². The molecule has 0 aromatic heterocycles. The smallest absolute Gasteiger partial charge is 0.367 e. The first-order valence-corrected chi connectivity index (χ1v) is 9.91. The van der Waals surface area contributed by atoms with Crippen LogP contribution in [0.5, 0.6) is 5.75 Å². The van der Waals surface area contributed by atoms with Crippen LogP contribution in [0.1, 0.15) is 39.0 Å². The third-order valence-corrected chi connectivity index (χ3v) is 5.30. The summed E-state index contributed by atoms with van der Waals surface area (Å²) in [5.74, 6) is -3.42. The second-order valence-corrected chi connectivity index (χ2v) is 7.61. The van der Waals surface area contributed by atoms with E-state index in [9.17, 15) is 20.1 Å². The van der Waals surface area contributed by atoms with E-state index >= 15 is 0 Å². The van der Waals surface area contributed by atoms with Crippen LogP contribution in [0, 0.1) is 11.8 Å². The first kappa shape index (κ1) is 22.9. The van der Waals surface area contributed by atoms with Crippen molar-refractivity contribution in [3.63, 3.8) is 0 Å². The van der Waals surface area contributed by atoms with Gasteiger partial charge < -0.3 is 25.2 Å². The van der Waals surface area contributed by atoms with Gasteiger partial charge >= 0.3 is 5.97 Å². The molecule has 29 heavy (non-hydrogen) atoms. The zero-order valence-corrected chi connectivity index (χ0v) is 16.7. The number of carboxylic acid groups (broad SMARTS) is 1. The molecule has 1 unspecified atom stereocenters. The Bertz CT molecular complexity index is 744. The summed E-state index contributed by atoms with van der Waals surface area (Å²) in [6.45, 7) is 1.64. The Labute approximate surface area is 171 Å². The monoisotopic (exact) mass is 402 g/mol. The maximum Gasteiger partial charge on any atom is 0.367 e. The third-order valence-electron chi connectivity index (χ3n) is 5.30. The molecule has 0 saturated heterocycles. The number of carboxylic acids is 1. The van der Waals surface area contributed by atoms with Gasteiger partial charge in [0.2, 0.25) is 0 Å². The number of rotatable bonds is 10. The highest BCUT2D eigenvalue weighted by molar-refractivity contribution is 5.77. The van der Waals surface area contributed by atoms with E-state index in [0.29, 0.717) is 18.4 Å². The SMILES string of the molecule is CC(O)(C=C=CC[C@H]1CCC[C@@H]1/C=C/CCOc1ccccc1)C(O)(O)C(=O)O. The lowest BCUT2D eigenvalue weighted by Crippen LogP contribution is -2.56. The van der Waals surface area contributed by atoms with Crippen molar-refractivity contribution < 1.29 is 30.0 Å². The van der Waals surface area contributed by atoms with Gasteiger partial charge in [0.1, 0.15) is 5.75 Å². The van der Waals surface area contributed by atoms with E-state index in [0.717, 1.165) is 50.9 Å². The summed E-state index contributed by atoms with van der Waals surface area (Å²) < 4.78 is 5.68. The number of hydrogen-bond acceptors (Lipinski definition) is 5. The molecule has 3 atom stereocenters. The molecule has 2 rings (SSSR count). The molecule has 1 saturated carbocycles. The fourth-order valence-electron chi connectivity index (χ4n) is 3.40. The standard InChI is InChI=1S/C23H30O6/c1-22(26,23(27,28)21(24)25)16-7-5-10-18-12-9-13-19(18)11-6-8-17-29-20-14-3-2-4-15-20/h2-6,11,14-16,18-19,26-28H,8-10,12-13,17H2,1H3,(H,24,25)/b11-6+/t7?,18-,19-,22?/m0/s1. The number of allylic oxidation sites excluding steroid dienone is 1. The third kappa shape index (κ3) is 6.58. The van der Waals surface area contributed by atoms with Crippen LogP contribution in [-0.4, -0.2) is 44.4 Å². The Morgan fingerprint density at radius 2 is 1.97 bits per heavy atom. The lowest BCUT2D eigenvalue weighted by molar-refractivity contribution is -0.253. The molecule has 1 aromatic rings. The van der Waals surface area contributed by atoms with Crippen LogP contribution in [0.2, 0.25) is 0 Å². The van der Waals surface area contributed by atoms with E-state index in [1.54, 1.807) is 6.08 Å². The van der Waals surface area contributed by atoms with Crippen LogP contribution in [-0.2, 0) is 4.79 Å². The number of aliphatic hydroxyl groups is 3. The average molecular weight is 402 g/mol. The fraction of sp³-hybridized carbons (Fsp3) is 0.478. The molecule has 1 aliphatic carbocycles. The Balaban J connectivity index is 1.81. The molecule has 6 heteroatoms. The summed E-state index contributed by atoms with van der Waals surface area (Å²) in [7, 11) is 0. The van der Waals surface area contributed by atoms with Gasteiger partial charge in [-0.05, 0) is 68.7 Å². The average Bonchev–Trinajstić information content (AvgIpc) is 3.13. The van der Waals surface area contributed by atoms with Gasteiger partial charge in [-0.25, -0.2) is 4.79 Å². The molecule has 0 radical (unpaired) electrons. The van der Waals surface area contributed by atoms with Crippen molar-refractivity contribution in [2.75, 3.05) is 6.61 Å². The Morgan fingerprint density at radius 3 is 2.66 bits per heavy atom. The first-order valence-electron chi connectivity index (χ1n) is 9.91. The molecule has 0 bridgehead atoms. The van der Waals surface area contributed by atoms with Crippen molar-refractivity contribution in [3.8, 4) is 5.75 Å². The lowest BCUT2D eigenvalue weighted by Gasteiger charge is -2.29. The summed E-state index contributed by atoms with van der Waals surface area (Å²) in [6.07, 6.45) is 12.0. The van der Waals surface area contributed by atoms with E-state index in [-0.39, 0.29) is 0 Å². The minimum Gasteiger partial charge on any atom is -0.493 e. The van der Waals surface area contributed by atoms with Crippen molar-refractivity contribution in [2.24, 2.45) is 11.8 Å². The van der Waals surface area contributed by atoms with Gasteiger partial charge in [0.15, 0.2) is 5.60 Å². The Kier molecular flexibility index (Phi) is 8.23. The van der Waals surface area contributed by atoms with Crippen LogP contribution < -0.4 is 4.74 Å². The molecule has 4 N–H and O–H groups in total. The molecule has 1 aliphatic rings. The zero-order chi connectivity index (χ0) is 21.3. The number of aliphatic carboxylic acids is 1. The van der Waals surface area contributed by atoms with Gasteiger partial charge in [-0.15, -0.1) is 5.73 Å². The molecular formula is C23H30O6. The maximum atomic E-state index is 10.8. The second-order valence-electron chi connectivity index (χ2n) is 7.61. The highest BCUT2D eigenvalue weighted by atomic mass is 16.6. The molecule has 0 aliphatic heterocycles. The molecule has 1 aromatic carbocycles. The van der Waals surface area contributed by atoms with Gasteiger partial charge in [0.25, 0.3) is 5.79 Å². The predicted octanol–water partition coefficient (Wildman–Crippen LogP) is 3.05. The quantitative estimate of drug-likeness (QED) is 0.207. The largest absolute Gasteiger partial charge is 0.493 e. The number of carbonyl (C=O) groups is 1. The highest BCUT2D eigenvalue weighted by Gasteiger charge is 2.50. The Hall–Kier alpha value is -2.37. The first-order chi connectivity index (χ1) is 13.7. The molecule has 0 amide bonds. The summed E-state index contributed by atoms with van der Waals surface area (Å²) in [4.78, 5) is 10.8. The van der Waals surface area contributed by atoms with Crippen molar-refractivity contribution in [3.05, 3.63) is 60.4 Å². The minimum absolute atomic E-state index is 0.444. The van der Waals surface area contributed by atoms with E-state index in [2.05, 4.69) is 17.9 Å². The van der Waals surface area contributed by atoms with Crippen molar-refractivity contribution >= 4 is 5.97 Å². The highest BCUT2D eigenvalue weighted by Crippen LogP contribution is 2.35. The minimum atomic E-state index is -3.27. The normalized spacial score (nSPS) is 21.4. The summed E-state index contributed by atoms with van der Waals surface area (Å²) in [5.41, 5.74) is 0.357. The number of benzene rings is 1. The van der Waals surface area contributed by atoms with Crippen LogP contribution >= 0.6 is 0 Å². The summed E-state index contributed by atoms with van der Waals surface area (Å²) >= 11 is 0. The number of para-hydroxylation sites is 1. The number of ether oxygens (including phenoxy) is 1. The van der Waals surface area contributed by atoms with E-state index in [4.69, 9.17) is 9.84 Å². The lowest BCUT2D eigenvalue weighted by atomic mass is 9.92. The predicted molar refractivity (Wildman–Crippen MR) is 109 cm³/mol. The Morgan fingerprint density at radius 1 is 1.24 bits per heavy atom. The second kappa shape index (κ2) is 10.4. The van der Waals surface area contributed by atoms with E-state index < -0.39 is 17.4 Å². The molecule has 158 valence electrons. The zero-order valence-electron chi connectivity index (χ0n) is 16.7. The van der Waals surface area contributed by atoms with Gasteiger partial charge in [-0.1, -0.05) is 36.8 Å². The van der Waals surface area contributed by atoms with Gasteiger partial charge in [-0.2, -0.15) is 0 Å². The van der Waals surface area contributed by atoms with Crippen LogP contribution in [0.25, 0.3) is 0 Å². The number of hydrogen-bond donors (Lipinski definition) is 4. The van der Waals surface area contributed by atoms with Gasteiger partial charge in [0, 0.05) is 0 Å². The van der Waals surface area contributed by atoms with Crippen LogP contribution in [0.3, 0.4) is 0 Å².